The molecule has 1 aliphatic heterocycles. The Balaban J connectivity index is 1.63. The summed E-state index contributed by atoms with van der Waals surface area (Å²) in [7, 11) is 1.59. The molecule has 3 rings (SSSR count). The molecule has 1 aromatic carbocycles. The van der Waals surface area contributed by atoms with Gasteiger partial charge in [0.05, 0.1) is 19.3 Å². The molecule has 0 aliphatic carbocycles. The van der Waals surface area contributed by atoms with Crippen LogP contribution in [0.3, 0.4) is 0 Å². The van der Waals surface area contributed by atoms with Crippen LogP contribution in [0.4, 0.5) is 0 Å². The maximum absolute atomic E-state index is 12.6. The highest BCUT2D eigenvalue weighted by Crippen LogP contribution is 2.27. The minimum absolute atomic E-state index is 0.0241. The summed E-state index contributed by atoms with van der Waals surface area (Å²) < 4.78 is 22.3. The Morgan fingerprint density at radius 1 is 1.12 bits per heavy atom. The minimum Gasteiger partial charge on any atom is -0.493 e. The first-order valence-corrected chi connectivity index (χ1v) is 8.36. The Kier molecular flexibility index (Phi) is 5.28. The van der Waals surface area contributed by atoms with E-state index in [0.29, 0.717) is 36.1 Å². The highest BCUT2D eigenvalue weighted by Gasteiger charge is 2.28. The van der Waals surface area contributed by atoms with Gasteiger partial charge in [0.2, 0.25) is 0 Å². The van der Waals surface area contributed by atoms with Crippen LogP contribution in [0.2, 0.25) is 0 Å². The molecule has 0 spiro atoms. The lowest BCUT2D eigenvalue weighted by atomic mass is 10.2. The zero-order valence-corrected chi connectivity index (χ0v) is 14.7. The Hall–Kier alpha value is -2.47. The number of benzene rings is 1. The second-order valence-corrected chi connectivity index (χ2v) is 6.17. The quantitative estimate of drug-likeness (QED) is 0.833. The van der Waals surface area contributed by atoms with Gasteiger partial charge in [-0.25, -0.2) is 0 Å². The number of hydrogen-bond donors (Lipinski definition) is 0. The van der Waals surface area contributed by atoms with Crippen molar-refractivity contribution in [2.75, 3.05) is 20.2 Å². The molecule has 1 saturated heterocycles. The Morgan fingerprint density at radius 3 is 2.48 bits per heavy atom. The van der Waals surface area contributed by atoms with Gasteiger partial charge in [0, 0.05) is 13.1 Å². The number of carbonyl (C=O) groups is 1. The molecule has 1 aromatic heterocycles. The molecule has 6 heteroatoms. The molecule has 0 N–H and O–H groups in total. The van der Waals surface area contributed by atoms with Crippen LogP contribution in [0.15, 0.2) is 40.8 Å². The normalized spacial score (nSPS) is 20.4. The average molecular weight is 345 g/mol. The van der Waals surface area contributed by atoms with Crippen LogP contribution in [0.1, 0.15) is 30.2 Å². The van der Waals surface area contributed by atoms with Gasteiger partial charge in [-0.15, -0.1) is 0 Å². The predicted octanol–water partition coefficient (Wildman–Crippen LogP) is 3.12. The molecule has 0 bridgehead atoms. The molecule has 2 heterocycles. The number of morpholine rings is 1. The average Bonchev–Trinajstić information content (AvgIpc) is 3.07. The van der Waals surface area contributed by atoms with Crippen LogP contribution in [0.25, 0.3) is 0 Å². The fourth-order valence-electron chi connectivity index (χ4n) is 2.96. The fourth-order valence-corrected chi connectivity index (χ4v) is 2.96. The van der Waals surface area contributed by atoms with Gasteiger partial charge in [0.25, 0.3) is 5.91 Å². The lowest BCUT2D eigenvalue weighted by Crippen LogP contribution is -2.48. The number of rotatable bonds is 5. The molecule has 1 amide bonds. The van der Waals surface area contributed by atoms with E-state index in [2.05, 4.69) is 0 Å². The van der Waals surface area contributed by atoms with E-state index in [4.69, 9.17) is 18.6 Å². The lowest BCUT2D eigenvalue weighted by molar-refractivity contribution is -0.0592. The third kappa shape index (κ3) is 4.14. The molecule has 1 aliphatic rings. The van der Waals surface area contributed by atoms with Gasteiger partial charge in [-0.1, -0.05) is 12.1 Å². The number of ether oxygens (including phenoxy) is 3. The second-order valence-electron chi connectivity index (χ2n) is 6.17. The van der Waals surface area contributed by atoms with E-state index in [0.717, 1.165) is 0 Å². The van der Waals surface area contributed by atoms with Gasteiger partial charge < -0.3 is 23.5 Å². The highest BCUT2D eigenvalue weighted by molar-refractivity contribution is 5.91. The molecule has 1 fully saturated rings. The highest BCUT2D eigenvalue weighted by atomic mass is 16.5. The molecule has 0 radical (unpaired) electrons. The minimum atomic E-state index is -0.120. The molecule has 2 aromatic rings. The first-order valence-electron chi connectivity index (χ1n) is 8.36. The first-order chi connectivity index (χ1) is 12.1. The van der Waals surface area contributed by atoms with E-state index in [9.17, 15) is 4.79 Å². The molecule has 6 nitrogen and oxygen atoms in total. The van der Waals surface area contributed by atoms with Crippen LogP contribution in [0.5, 0.6) is 11.5 Å². The van der Waals surface area contributed by atoms with Crippen LogP contribution in [-0.4, -0.2) is 43.2 Å². The number of amides is 1. The van der Waals surface area contributed by atoms with E-state index in [-0.39, 0.29) is 24.7 Å². The van der Waals surface area contributed by atoms with Crippen molar-refractivity contribution < 1.29 is 23.4 Å². The summed E-state index contributed by atoms with van der Waals surface area (Å²) in [4.78, 5) is 14.4. The summed E-state index contributed by atoms with van der Waals surface area (Å²) in [6.07, 6.45) is 0.0482. The molecule has 0 saturated carbocycles. The summed E-state index contributed by atoms with van der Waals surface area (Å²) in [6.45, 7) is 5.28. The van der Waals surface area contributed by atoms with Crippen molar-refractivity contribution in [3.63, 3.8) is 0 Å². The zero-order valence-electron chi connectivity index (χ0n) is 14.7. The molecule has 25 heavy (non-hydrogen) atoms. The number of furan rings is 1. The van der Waals surface area contributed by atoms with E-state index in [1.165, 1.54) is 0 Å². The standard InChI is InChI=1S/C19H23NO5/c1-13-10-20(11-14(2)24-13)19(21)18-9-8-15(25-18)12-23-17-7-5-4-6-16(17)22-3/h4-9,13-14H,10-12H2,1-3H3/t13-,14-/m1/s1. The molecule has 0 unspecified atom stereocenters. The van der Waals surface area contributed by atoms with Crippen molar-refractivity contribution >= 4 is 5.91 Å². The topological polar surface area (TPSA) is 61.1 Å². The largest absolute Gasteiger partial charge is 0.493 e. The van der Waals surface area contributed by atoms with Crippen LogP contribution < -0.4 is 9.47 Å². The summed E-state index contributed by atoms with van der Waals surface area (Å²) >= 11 is 0. The Labute approximate surface area is 147 Å². The molecular weight excluding hydrogens is 322 g/mol. The van der Waals surface area contributed by atoms with Crippen molar-refractivity contribution in [2.24, 2.45) is 0 Å². The van der Waals surface area contributed by atoms with Gasteiger partial charge in [-0.3, -0.25) is 4.79 Å². The number of methoxy groups -OCH3 is 1. The van der Waals surface area contributed by atoms with Gasteiger partial charge >= 0.3 is 0 Å². The molecule has 134 valence electrons. The molecular formula is C19H23NO5. The van der Waals surface area contributed by atoms with Gasteiger partial charge in [-0.05, 0) is 38.1 Å². The maximum Gasteiger partial charge on any atom is 0.289 e. The summed E-state index contributed by atoms with van der Waals surface area (Å²) in [6, 6.07) is 10.8. The van der Waals surface area contributed by atoms with E-state index in [1.807, 2.05) is 38.1 Å². The van der Waals surface area contributed by atoms with Crippen molar-refractivity contribution in [1.29, 1.82) is 0 Å². The maximum atomic E-state index is 12.6. The third-order valence-corrected chi connectivity index (χ3v) is 4.02. The Morgan fingerprint density at radius 2 is 1.80 bits per heavy atom. The second kappa shape index (κ2) is 7.61. The van der Waals surface area contributed by atoms with E-state index >= 15 is 0 Å². The van der Waals surface area contributed by atoms with Crippen molar-refractivity contribution in [3.05, 3.63) is 47.9 Å². The SMILES string of the molecule is COc1ccccc1OCc1ccc(C(=O)N2C[C@@H](C)O[C@H](C)C2)o1. The van der Waals surface area contributed by atoms with Crippen LogP contribution in [0, 0.1) is 0 Å². The van der Waals surface area contributed by atoms with Crippen LogP contribution >= 0.6 is 0 Å². The number of nitrogens with zero attached hydrogens (tertiary/aromatic N) is 1. The summed E-state index contributed by atoms with van der Waals surface area (Å²) in [5.41, 5.74) is 0. The number of hydrogen-bond acceptors (Lipinski definition) is 5. The van der Waals surface area contributed by atoms with Gasteiger partial charge in [0.1, 0.15) is 12.4 Å². The van der Waals surface area contributed by atoms with Gasteiger partial charge in [-0.2, -0.15) is 0 Å². The zero-order chi connectivity index (χ0) is 17.8. The number of carbonyl (C=O) groups excluding carboxylic acids is 1. The molecule has 2 atom stereocenters. The number of para-hydroxylation sites is 2. The van der Waals surface area contributed by atoms with E-state index in [1.54, 1.807) is 24.1 Å². The van der Waals surface area contributed by atoms with Gasteiger partial charge in [0.15, 0.2) is 17.3 Å². The predicted molar refractivity (Wildman–Crippen MR) is 91.9 cm³/mol. The fraction of sp³-hybridized carbons (Fsp3) is 0.421. The summed E-state index contributed by atoms with van der Waals surface area (Å²) in [5, 5.41) is 0. The van der Waals surface area contributed by atoms with Crippen molar-refractivity contribution in [2.45, 2.75) is 32.7 Å². The summed E-state index contributed by atoms with van der Waals surface area (Å²) in [5.74, 6) is 2.07. The van der Waals surface area contributed by atoms with Crippen molar-refractivity contribution in [1.82, 2.24) is 4.90 Å². The lowest BCUT2D eigenvalue weighted by Gasteiger charge is -2.34. The Bertz CT molecular complexity index is 716. The van der Waals surface area contributed by atoms with Crippen LogP contribution in [-0.2, 0) is 11.3 Å². The smallest absolute Gasteiger partial charge is 0.289 e. The van der Waals surface area contributed by atoms with Crippen molar-refractivity contribution in [3.8, 4) is 11.5 Å². The van der Waals surface area contributed by atoms with E-state index < -0.39 is 0 Å². The monoisotopic (exact) mass is 345 g/mol. The first kappa shape index (κ1) is 17.4. The third-order valence-electron chi connectivity index (χ3n) is 4.02.